The maximum Gasteiger partial charge on any atom is 0.245 e. The Balaban J connectivity index is 1.78. The van der Waals surface area contributed by atoms with Crippen LogP contribution in [-0.4, -0.2) is 39.6 Å². The fourth-order valence-electron chi connectivity index (χ4n) is 3.22. The zero-order chi connectivity index (χ0) is 21.2. The minimum absolute atomic E-state index is 0.0579. The molecular weight excluding hydrogens is 414 g/mol. The van der Waals surface area contributed by atoms with E-state index in [0.29, 0.717) is 29.4 Å². The van der Waals surface area contributed by atoms with Gasteiger partial charge < -0.3 is 10.2 Å². The maximum absolute atomic E-state index is 12.6. The number of amides is 2. The molecule has 3 rings (SSSR count). The molecule has 7 nitrogen and oxygen atoms in total. The van der Waals surface area contributed by atoms with Gasteiger partial charge in [0.1, 0.15) is 6.54 Å². The van der Waals surface area contributed by atoms with Gasteiger partial charge in [-0.15, -0.1) is 0 Å². The molecule has 0 unspecified atom stereocenters. The van der Waals surface area contributed by atoms with E-state index in [1.807, 2.05) is 13.0 Å². The summed E-state index contributed by atoms with van der Waals surface area (Å²) < 4.78 is 25.4. The second-order valence-corrected chi connectivity index (χ2v) is 9.29. The average molecular weight is 436 g/mol. The molecule has 2 amide bonds. The van der Waals surface area contributed by atoms with E-state index in [1.54, 1.807) is 41.3 Å². The first-order valence-electron chi connectivity index (χ1n) is 9.09. The minimum Gasteiger partial charge on any atom is -0.324 e. The van der Waals surface area contributed by atoms with Crippen molar-refractivity contribution in [3.05, 3.63) is 53.1 Å². The van der Waals surface area contributed by atoms with Crippen LogP contribution in [0.1, 0.15) is 18.4 Å². The van der Waals surface area contributed by atoms with Gasteiger partial charge in [-0.25, -0.2) is 8.42 Å². The van der Waals surface area contributed by atoms with Crippen LogP contribution in [0, 0.1) is 6.92 Å². The number of halogens is 1. The van der Waals surface area contributed by atoms with E-state index in [2.05, 4.69) is 5.32 Å². The fourth-order valence-corrected chi connectivity index (χ4v) is 4.20. The first-order chi connectivity index (χ1) is 13.6. The molecule has 1 aliphatic rings. The molecule has 2 aromatic rings. The molecule has 1 N–H and O–H groups in total. The first-order valence-corrected chi connectivity index (χ1v) is 11.3. The van der Waals surface area contributed by atoms with E-state index in [-0.39, 0.29) is 12.5 Å². The van der Waals surface area contributed by atoms with Crippen LogP contribution in [0.5, 0.6) is 0 Å². The Kier molecular flexibility index (Phi) is 6.14. The average Bonchev–Trinajstić information content (AvgIpc) is 3.07. The zero-order valence-electron chi connectivity index (χ0n) is 16.2. The van der Waals surface area contributed by atoms with Crippen LogP contribution >= 0.6 is 11.6 Å². The Labute approximate surface area is 175 Å². The lowest BCUT2D eigenvalue weighted by Gasteiger charge is -2.22. The number of nitrogens with zero attached hydrogens (tertiary/aromatic N) is 2. The smallest absolute Gasteiger partial charge is 0.245 e. The molecule has 0 aromatic heterocycles. The van der Waals surface area contributed by atoms with Crippen LogP contribution in [0.3, 0.4) is 0 Å². The van der Waals surface area contributed by atoms with Crippen molar-refractivity contribution in [2.45, 2.75) is 19.8 Å². The molecule has 154 valence electrons. The molecular formula is C20H22ClN3O4S. The zero-order valence-corrected chi connectivity index (χ0v) is 17.8. The molecule has 0 aliphatic carbocycles. The third-order valence-corrected chi connectivity index (χ3v) is 6.05. The lowest BCUT2D eigenvalue weighted by molar-refractivity contribution is -0.117. The number of hydrogen-bond donors (Lipinski definition) is 1. The number of anilines is 3. The number of rotatable bonds is 6. The summed E-state index contributed by atoms with van der Waals surface area (Å²) in [5, 5.41) is 3.19. The monoisotopic (exact) mass is 435 g/mol. The van der Waals surface area contributed by atoms with Crippen LogP contribution in [0.25, 0.3) is 0 Å². The number of sulfonamides is 1. The molecule has 0 radical (unpaired) electrons. The molecule has 0 saturated carbocycles. The van der Waals surface area contributed by atoms with Crippen molar-refractivity contribution >= 4 is 50.5 Å². The largest absolute Gasteiger partial charge is 0.324 e. The lowest BCUT2D eigenvalue weighted by Crippen LogP contribution is -2.37. The number of aryl methyl sites for hydroxylation is 1. The summed E-state index contributed by atoms with van der Waals surface area (Å²) in [5.41, 5.74) is 2.53. The maximum atomic E-state index is 12.6. The molecule has 29 heavy (non-hydrogen) atoms. The Morgan fingerprint density at radius 1 is 1.21 bits per heavy atom. The number of hydrogen-bond acceptors (Lipinski definition) is 4. The molecule has 2 aromatic carbocycles. The summed E-state index contributed by atoms with van der Waals surface area (Å²) in [4.78, 5) is 26.3. The van der Waals surface area contributed by atoms with Crippen molar-refractivity contribution < 1.29 is 18.0 Å². The summed E-state index contributed by atoms with van der Waals surface area (Å²) >= 11 is 5.86. The summed E-state index contributed by atoms with van der Waals surface area (Å²) in [5.74, 6) is -0.435. The highest BCUT2D eigenvalue weighted by Crippen LogP contribution is 2.28. The van der Waals surface area contributed by atoms with Crippen LogP contribution < -0.4 is 14.5 Å². The Morgan fingerprint density at radius 3 is 2.48 bits per heavy atom. The predicted molar refractivity (Wildman–Crippen MR) is 115 cm³/mol. The first kappa shape index (κ1) is 21.1. The van der Waals surface area contributed by atoms with Gasteiger partial charge in [-0.3, -0.25) is 13.9 Å². The third-order valence-electron chi connectivity index (χ3n) is 4.66. The fraction of sp³-hybridized carbons (Fsp3) is 0.300. The summed E-state index contributed by atoms with van der Waals surface area (Å²) in [7, 11) is -3.68. The molecule has 1 aliphatic heterocycles. The van der Waals surface area contributed by atoms with Gasteiger partial charge >= 0.3 is 0 Å². The Bertz CT molecular complexity index is 1040. The Morgan fingerprint density at radius 2 is 1.90 bits per heavy atom. The van der Waals surface area contributed by atoms with E-state index in [0.717, 1.165) is 28.2 Å². The van der Waals surface area contributed by atoms with Crippen LogP contribution in [0.4, 0.5) is 17.1 Å². The van der Waals surface area contributed by atoms with Crippen LogP contribution in [-0.2, 0) is 19.6 Å². The van der Waals surface area contributed by atoms with Gasteiger partial charge in [0.25, 0.3) is 0 Å². The van der Waals surface area contributed by atoms with Crippen LogP contribution in [0.15, 0.2) is 42.5 Å². The van der Waals surface area contributed by atoms with Crippen molar-refractivity contribution in [2.24, 2.45) is 0 Å². The number of carbonyl (C=O) groups excluding carboxylic acids is 2. The molecule has 9 heteroatoms. The van der Waals surface area contributed by atoms with Gasteiger partial charge in [-0.1, -0.05) is 17.7 Å². The van der Waals surface area contributed by atoms with E-state index in [4.69, 9.17) is 11.6 Å². The van der Waals surface area contributed by atoms with Crippen molar-refractivity contribution in [1.29, 1.82) is 0 Å². The normalized spacial score (nSPS) is 14.2. The van der Waals surface area contributed by atoms with Gasteiger partial charge in [0.15, 0.2) is 0 Å². The van der Waals surface area contributed by atoms with Crippen molar-refractivity contribution in [2.75, 3.05) is 33.9 Å². The van der Waals surface area contributed by atoms with E-state index >= 15 is 0 Å². The topological polar surface area (TPSA) is 86.8 Å². The second-order valence-electron chi connectivity index (χ2n) is 6.94. The minimum atomic E-state index is -3.68. The van der Waals surface area contributed by atoms with E-state index in [9.17, 15) is 18.0 Å². The van der Waals surface area contributed by atoms with Gasteiger partial charge in [0.05, 0.1) is 11.9 Å². The van der Waals surface area contributed by atoms with Gasteiger partial charge in [-0.2, -0.15) is 0 Å². The number of carbonyl (C=O) groups is 2. The van der Waals surface area contributed by atoms with Crippen molar-refractivity contribution in [3.63, 3.8) is 0 Å². The molecule has 1 saturated heterocycles. The van der Waals surface area contributed by atoms with E-state index < -0.39 is 15.9 Å². The van der Waals surface area contributed by atoms with Gasteiger partial charge in [0, 0.05) is 29.4 Å². The highest BCUT2D eigenvalue weighted by Gasteiger charge is 2.24. The molecule has 1 fully saturated rings. The van der Waals surface area contributed by atoms with Gasteiger partial charge in [-0.05, 0) is 55.3 Å². The molecule has 0 atom stereocenters. The summed E-state index contributed by atoms with van der Waals surface area (Å²) in [6.07, 6.45) is 2.36. The number of nitrogens with one attached hydrogen (secondary N) is 1. The highest BCUT2D eigenvalue weighted by molar-refractivity contribution is 7.92. The predicted octanol–water partition coefficient (Wildman–Crippen LogP) is 3.18. The molecule has 0 spiro atoms. The van der Waals surface area contributed by atoms with Crippen molar-refractivity contribution in [1.82, 2.24) is 0 Å². The molecule has 1 heterocycles. The standard InChI is InChI=1S/C20H22ClN3O4S/c1-14-5-8-16(12-18(14)23-11-3-4-20(23)26)22-19(25)13-24(29(2,27)28)17-9-6-15(21)7-10-17/h5-10,12H,3-4,11,13H2,1-2H3,(H,22,25). The lowest BCUT2D eigenvalue weighted by atomic mass is 10.1. The third kappa shape index (κ3) is 5.07. The highest BCUT2D eigenvalue weighted by atomic mass is 35.5. The van der Waals surface area contributed by atoms with Crippen LogP contribution in [0.2, 0.25) is 5.02 Å². The van der Waals surface area contributed by atoms with Crippen molar-refractivity contribution in [3.8, 4) is 0 Å². The SMILES string of the molecule is Cc1ccc(NC(=O)CN(c2ccc(Cl)cc2)S(C)(=O)=O)cc1N1CCCC1=O. The summed E-state index contributed by atoms with van der Waals surface area (Å²) in [6, 6.07) is 11.5. The summed E-state index contributed by atoms with van der Waals surface area (Å²) in [6.45, 7) is 2.17. The number of benzene rings is 2. The van der Waals surface area contributed by atoms with Gasteiger partial charge in [0.2, 0.25) is 21.8 Å². The quantitative estimate of drug-likeness (QED) is 0.754. The van der Waals surface area contributed by atoms with E-state index in [1.165, 1.54) is 0 Å². The molecule has 0 bridgehead atoms. The second kappa shape index (κ2) is 8.42. The Hall–Kier alpha value is -2.58.